The molecule has 1 N–H and O–H groups in total. The highest BCUT2D eigenvalue weighted by atomic mass is 35.5. The molecule has 0 bridgehead atoms. The van der Waals surface area contributed by atoms with Crippen molar-refractivity contribution in [3.8, 4) is 0 Å². The molecule has 2 aromatic carbocycles. The number of imide groups is 1. The van der Waals surface area contributed by atoms with Crippen molar-refractivity contribution in [1.82, 2.24) is 19.4 Å². The maximum Gasteiger partial charge on any atom is 0.259 e. The number of amides is 2. The van der Waals surface area contributed by atoms with Gasteiger partial charge in [-0.3, -0.25) is 14.9 Å². The number of carbonyl (C=O) groups is 2. The number of likely N-dealkylation sites (tertiary alicyclic amines) is 1. The maximum absolute atomic E-state index is 13.5. The molecule has 0 aliphatic carbocycles. The Morgan fingerprint density at radius 3 is 2.24 bits per heavy atom. The third-order valence-corrected chi connectivity index (χ3v) is 8.63. The lowest BCUT2D eigenvalue weighted by atomic mass is 9.85. The Labute approximate surface area is 222 Å². The van der Waals surface area contributed by atoms with E-state index in [0.29, 0.717) is 29.0 Å². The number of aromatic nitrogens is 2. The molecule has 6 nitrogen and oxygen atoms in total. The minimum Gasteiger partial charge on any atom is -0.350 e. The average Bonchev–Trinajstić information content (AvgIpc) is 3.59. The summed E-state index contributed by atoms with van der Waals surface area (Å²) < 4.78 is 4.46. The zero-order valence-electron chi connectivity index (χ0n) is 21.3. The van der Waals surface area contributed by atoms with Gasteiger partial charge in [0.05, 0.1) is 11.1 Å². The van der Waals surface area contributed by atoms with E-state index in [4.69, 9.17) is 0 Å². The molecular formula is C30H31ClN4O2. The van der Waals surface area contributed by atoms with E-state index in [-0.39, 0.29) is 24.2 Å². The molecule has 190 valence electrons. The summed E-state index contributed by atoms with van der Waals surface area (Å²) in [6.45, 7) is 7.70. The van der Waals surface area contributed by atoms with Crippen LogP contribution in [0.25, 0.3) is 33.0 Å². The quantitative estimate of drug-likeness (QED) is 0.405. The standard InChI is InChI=1S/C30H30N4O2.ClH/c1-17(2)33-13-18-12-25-26(21-9-5-7-11-24(21)34(25)15-19(18)14-33)28-27(29(35)31-30(28)36)22-16-32(3)23-10-6-4-8-20(22)23;/h4-11,16-19H,12-15H2,1-3H3,(H,31,35,36);1H/t18-,19-;/m0./s1. The SMILES string of the molecule is CC(C)N1C[C@@H]2Cc3c(C4=C(c5cn(C)c6ccccc56)C(=O)NC4=O)c4ccccc4n3C[C@@H]2C1.Cl. The van der Waals surface area contributed by atoms with E-state index in [0.717, 1.165) is 59.0 Å². The van der Waals surface area contributed by atoms with Crippen LogP contribution in [-0.2, 0) is 29.6 Å². The predicted molar refractivity (Wildman–Crippen MR) is 149 cm³/mol. The second-order valence-electron chi connectivity index (χ2n) is 10.9. The van der Waals surface area contributed by atoms with Gasteiger partial charge in [-0.05, 0) is 44.2 Å². The van der Waals surface area contributed by atoms with E-state index in [2.05, 4.69) is 46.8 Å². The van der Waals surface area contributed by atoms with Gasteiger partial charge in [0.1, 0.15) is 0 Å². The number of nitrogens with zero attached hydrogens (tertiary/aromatic N) is 3. The lowest BCUT2D eigenvalue weighted by Crippen LogP contribution is -2.29. The van der Waals surface area contributed by atoms with Gasteiger partial charge in [-0.1, -0.05) is 36.4 Å². The summed E-state index contributed by atoms with van der Waals surface area (Å²) in [6.07, 6.45) is 2.90. The van der Waals surface area contributed by atoms with Crippen molar-refractivity contribution in [2.24, 2.45) is 18.9 Å². The molecule has 7 heteroatoms. The van der Waals surface area contributed by atoms with Gasteiger partial charge >= 0.3 is 0 Å². The van der Waals surface area contributed by atoms with Gasteiger partial charge in [-0.25, -0.2) is 0 Å². The van der Waals surface area contributed by atoms with Crippen LogP contribution in [-0.4, -0.2) is 45.0 Å². The number of hydrogen-bond donors (Lipinski definition) is 1. The Kier molecular flexibility index (Phi) is 5.58. The zero-order valence-corrected chi connectivity index (χ0v) is 22.1. The summed E-state index contributed by atoms with van der Waals surface area (Å²) in [4.78, 5) is 29.4. The average molecular weight is 515 g/mol. The minimum absolute atomic E-state index is 0. The molecule has 0 radical (unpaired) electrons. The molecule has 1 saturated heterocycles. The van der Waals surface area contributed by atoms with Crippen molar-refractivity contribution in [2.45, 2.75) is 32.9 Å². The Morgan fingerprint density at radius 2 is 1.49 bits per heavy atom. The van der Waals surface area contributed by atoms with E-state index in [1.165, 1.54) is 5.69 Å². The molecule has 3 aliphatic rings. The first kappa shape index (κ1) is 24.0. The van der Waals surface area contributed by atoms with Crippen LogP contribution in [0.1, 0.15) is 30.7 Å². The maximum atomic E-state index is 13.5. The largest absolute Gasteiger partial charge is 0.350 e. The second-order valence-corrected chi connectivity index (χ2v) is 10.9. The number of nitrogens with one attached hydrogen (secondary N) is 1. The van der Waals surface area contributed by atoms with E-state index in [1.54, 1.807) is 0 Å². The Balaban J connectivity index is 0.00000252. The molecule has 37 heavy (non-hydrogen) atoms. The molecule has 2 atom stereocenters. The summed E-state index contributed by atoms with van der Waals surface area (Å²) in [5.41, 5.74) is 6.17. The van der Waals surface area contributed by atoms with Crippen molar-refractivity contribution in [1.29, 1.82) is 0 Å². The fourth-order valence-corrected chi connectivity index (χ4v) is 6.87. The predicted octanol–water partition coefficient (Wildman–Crippen LogP) is 4.63. The summed E-state index contributed by atoms with van der Waals surface area (Å²) in [7, 11) is 1.98. The van der Waals surface area contributed by atoms with Crippen LogP contribution >= 0.6 is 12.4 Å². The normalized spacial score (nSPS) is 21.6. The van der Waals surface area contributed by atoms with Gasteiger partial charge in [0.2, 0.25) is 0 Å². The summed E-state index contributed by atoms with van der Waals surface area (Å²) in [6, 6.07) is 17.0. The van der Waals surface area contributed by atoms with Crippen LogP contribution < -0.4 is 5.32 Å². The van der Waals surface area contributed by atoms with Gasteiger partial charge in [0.25, 0.3) is 11.8 Å². The molecule has 2 amide bonds. The van der Waals surface area contributed by atoms with Gasteiger partial charge in [0.15, 0.2) is 0 Å². The fraction of sp³-hybridized carbons (Fsp3) is 0.333. The molecular weight excluding hydrogens is 484 g/mol. The Morgan fingerprint density at radius 1 is 0.838 bits per heavy atom. The molecule has 4 aromatic rings. The van der Waals surface area contributed by atoms with E-state index >= 15 is 0 Å². The molecule has 3 aliphatic heterocycles. The first-order valence-corrected chi connectivity index (χ1v) is 12.9. The van der Waals surface area contributed by atoms with E-state index < -0.39 is 0 Å². The van der Waals surface area contributed by atoms with Crippen molar-refractivity contribution in [3.05, 3.63) is 71.5 Å². The molecule has 5 heterocycles. The van der Waals surface area contributed by atoms with Crippen LogP contribution in [0.4, 0.5) is 0 Å². The van der Waals surface area contributed by atoms with Crippen LogP contribution in [0.2, 0.25) is 0 Å². The monoisotopic (exact) mass is 514 g/mol. The molecule has 0 spiro atoms. The molecule has 0 saturated carbocycles. The number of benzene rings is 2. The Hall–Kier alpha value is -3.35. The smallest absolute Gasteiger partial charge is 0.259 e. The third kappa shape index (κ3) is 3.42. The summed E-state index contributed by atoms with van der Waals surface area (Å²) in [5.74, 6) is 0.564. The van der Waals surface area contributed by atoms with Crippen molar-refractivity contribution in [2.75, 3.05) is 13.1 Å². The lowest BCUT2D eigenvalue weighted by molar-refractivity contribution is -0.122. The van der Waals surface area contributed by atoms with Crippen molar-refractivity contribution in [3.63, 3.8) is 0 Å². The zero-order chi connectivity index (χ0) is 24.7. The van der Waals surface area contributed by atoms with E-state index in [9.17, 15) is 9.59 Å². The van der Waals surface area contributed by atoms with Gasteiger partial charge in [0, 0.05) is 77.5 Å². The van der Waals surface area contributed by atoms with Crippen molar-refractivity contribution >= 4 is 57.2 Å². The fourth-order valence-electron chi connectivity index (χ4n) is 6.87. The highest BCUT2D eigenvalue weighted by Gasteiger charge is 2.42. The van der Waals surface area contributed by atoms with Gasteiger partial charge in [-0.2, -0.15) is 0 Å². The van der Waals surface area contributed by atoms with Crippen molar-refractivity contribution < 1.29 is 9.59 Å². The van der Waals surface area contributed by atoms with Crippen LogP contribution in [0, 0.1) is 11.8 Å². The first-order valence-electron chi connectivity index (χ1n) is 12.9. The number of halogens is 1. The topological polar surface area (TPSA) is 59.3 Å². The summed E-state index contributed by atoms with van der Waals surface area (Å²) in [5, 5.41) is 4.68. The summed E-state index contributed by atoms with van der Waals surface area (Å²) >= 11 is 0. The number of rotatable bonds is 3. The van der Waals surface area contributed by atoms with Gasteiger partial charge < -0.3 is 14.0 Å². The lowest BCUT2D eigenvalue weighted by Gasteiger charge is -2.28. The number of carbonyl (C=O) groups excluding carboxylic acids is 2. The number of fused-ring (bicyclic) bond motifs is 5. The number of aryl methyl sites for hydroxylation is 1. The first-order chi connectivity index (χ1) is 17.4. The third-order valence-electron chi connectivity index (χ3n) is 8.63. The van der Waals surface area contributed by atoms with Crippen LogP contribution in [0.5, 0.6) is 0 Å². The minimum atomic E-state index is -0.309. The Bertz CT molecular complexity index is 1630. The number of para-hydroxylation sites is 2. The van der Waals surface area contributed by atoms with Gasteiger partial charge in [-0.15, -0.1) is 12.4 Å². The van der Waals surface area contributed by atoms with Crippen LogP contribution in [0.3, 0.4) is 0 Å². The molecule has 1 fully saturated rings. The highest BCUT2D eigenvalue weighted by Crippen LogP contribution is 2.45. The number of hydrogen-bond acceptors (Lipinski definition) is 3. The highest BCUT2D eigenvalue weighted by molar-refractivity contribution is 6.51. The molecule has 2 aromatic heterocycles. The second kappa shape index (κ2) is 8.61. The molecule has 7 rings (SSSR count). The van der Waals surface area contributed by atoms with E-state index in [1.807, 2.05) is 48.1 Å². The van der Waals surface area contributed by atoms with Crippen LogP contribution in [0.15, 0.2) is 54.7 Å². The molecule has 0 unspecified atom stereocenters.